The van der Waals surface area contributed by atoms with Crippen LogP contribution in [-0.4, -0.2) is 33.9 Å². The van der Waals surface area contributed by atoms with Crippen LogP contribution in [-0.2, 0) is 6.54 Å². The molecule has 5 heteroatoms. The lowest BCUT2D eigenvalue weighted by molar-refractivity contribution is 0.0887. The predicted molar refractivity (Wildman–Crippen MR) is 118 cm³/mol. The first-order chi connectivity index (χ1) is 14.7. The third-order valence-electron chi connectivity index (χ3n) is 5.90. The fourth-order valence-electron chi connectivity index (χ4n) is 4.21. The zero-order valence-electron chi connectivity index (χ0n) is 17.4. The lowest BCUT2D eigenvalue weighted by Crippen LogP contribution is -2.41. The normalized spacial score (nSPS) is 16.2. The Morgan fingerprint density at radius 2 is 1.70 bits per heavy atom. The van der Waals surface area contributed by atoms with Crippen molar-refractivity contribution in [2.75, 3.05) is 13.1 Å². The number of hydrogen-bond acceptors (Lipinski definition) is 4. The van der Waals surface area contributed by atoms with Crippen molar-refractivity contribution in [2.24, 2.45) is 5.92 Å². The van der Waals surface area contributed by atoms with Gasteiger partial charge in [0.05, 0.1) is 17.4 Å². The van der Waals surface area contributed by atoms with Crippen LogP contribution in [0.15, 0.2) is 73.1 Å². The van der Waals surface area contributed by atoms with Crippen molar-refractivity contribution in [3.63, 3.8) is 0 Å². The fraction of sp³-hybridized carbons (Fsp3) is 0.320. The van der Waals surface area contributed by atoms with Gasteiger partial charge in [-0.2, -0.15) is 0 Å². The van der Waals surface area contributed by atoms with Gasteiger partial charge in [0, 0.05) is 24.5 Å². The Labute approximate surface area is 178 Å². The van der Waals surface area contributed by atoms with Gasteiger partial charge in [-0.05, 0) is 74.7 Å². The van der Waals surface area contributed by atoms with Crippen LogP contribution in [0.25, 0.3) is 0 Å². The number of aromatic nitrogens is 2. The Kier molecular flexibility index (Phi) is 6.50. The fourth-order valence-corrected chi connectivity index (χ4v) is 4.21. The number of hydrogen-bond donors (Lipinski definition) is 1. The summed E-state index contributed by atoms with van der Waals surface area (Å²) >= 11 is 0. The van der Waals surface area contributed by atoms with E-state index in [0.29, 0.717) is 5.92 Å². The molecule has 1 aliphatic rings. The van der Waals surface area contributed by atoms with Crippen LogP contribution >= 0.6 is 0 Å². The van der Waals surface area contributed by atoms with E-state index < -0.39 is 0 Å². The van der Waals surface area contributed by atoms with Gasteiger partial charge in [0.25, 0.3) is 5.91 Å². The summed E-state index contributed by atoms with van der Waals surface area (Å²) < 4.78 is 0. The lowest BCUT2D eigenvalue weighted by atomic mass is 9.87. The van der Waals surface area contributed by atoms with Gasteiger partial charge in [-0.25, -0.2) is 0 Å². The molecule has 1 saturated heterocycles. The molecule has 0 radical (unpaired) electrons. The Morgan fingerprint density at radius 3 is 2.37 bits per heavy atom. The maximum Gasteiger partial charge on any atom is 0.252 e. The molecule has 0 saturated carbocycles. The Hall–Kier alpha value is -3.05. The number of rotatable bonds is 6. The van der Waals surface area contributed by atoms with Crippen LogP contribution in [0.3, 0.4) is 0 Å². The molecule has 4 rings (SSSR count). The van der Waals surface area contributed by atoms with E-state index in [9.17, 15) is 4.79 Å². The average molecular weight is 401 g/mol. The van der Waals surface area contributed by atoms with Gasteiger partial charge in [-0.1, -0.05) is 30.3 Å². The van der Waals surface area contributed by atoms with Crippen molar-refractivity contribution in [1.29, 1.82) is 0 Å². The second-order valence-electron chi connectivity index (χ2n) is 7.96. The van der Waals surface area contributed by atoms with Crippen LogP contribution in [0.1, 0.15) is 46.2 Å². The summed E-state index contributed by atoms with van der Waals surface area (Å²) in [6, 6.07) is 19.6. The molecule has 2 aromatic heterocycles. The molecule has 1 N–H and O–H groups in total. The number of aryl methyl sites for hydroxylation is 1. The zero-order chi connectivity index (χ0) is 20.8. The number of carbonyl (C=O) groups is 1. The van der Waals surface area contributed by atoms with Crippen molar-refractivity contribution >= 4 is 5.91 Å². The Morgan fingerprint density at radius 1 is 1.00 bits per heavy atom. The van der Waals surface area contributed by atoms with Gasteiger partial charge in [-0.15, -0.1) is 0 Å². The zero-order valence-corrected chi connectivity index (χ0v) is 17.4. The quantitative estimate of drug-likeness (QED) is 0.675. The van der Waals surface area contributed by atoms with Gasteiger partial charge in [0.15, 0.2) is 0 Å². The number of likely N-dealkylation sites (tertiary alicyclic amines) is 1. The number of nitrogens with one attached hydrogen (secondary N) is 1. The lowest BCUT2D eigenvalue weighted by Gasteiger charge is -2.36. The molecule has 1 aromatic carbocycles. The van der Waals surface area contributed by atoms with Crippen LogP contribution in [0.2, 0.25) is 0 Å². The van der Waals surface area contributed by atoms with E-state index in [1.807, 2.05) is 67.7 Å². The van der Waals surface area contributed by atoms with Gasteiger partial charge >= 0.3 is 0 Å². The Bertz CT molecular complexity index is 953. The monoisotopic (exact) mass is 400 g/mol. The number of carbonyl (C=O) groups excluding carboxylic acids is 1. The van der Waals surface area contributed by atoms with Crippen molar-refractivity contribution in [2.45, 2.75) is 32.4 Å². The maximum absolute atomic E-state index is 13.0. The molecule has 0 aliphatic carbocycles. The summed E-state index contributed by atoms with van der Waals surface area (Å²) in [6.07, 6.45) is 5.68. The molecule has 1 unspecified atom stereocenters. The van der Waals surface area contributed by atoms with Crippen LogP contribution in [0, 0.1) is 12.8 Å². The molecule has 1 aliphatic heterocycles. The molecular weight excluding hydrogens is 372 g/mol. The van der Waals surface area contributed by atoms with Crippen molar-refractivity contribution < 1.29 is 4.79 Å². The van der Waals surface area contributed by atoms with Crippen LogP contribution in [0.5, 0.6) is 0 Å². The van der Waals surface area contributed by atoms with Crippen molar-refractivity contribution in [3.8, 4) is 0 Å². The van der Waals surface area contributed by atoms with Gasteiger partial charge in [0.1, 0.15) is 0 Å². The van der Waals surface area contributed by atoms with E-state index in [0.717, 1.165) is 55.0 Å². The highest BCUT2D eigenvalue weighted by atomic mass is 16.1. The van der Waals surface area contributed by atoms with Crippen molar-refractivity contribution in [3.05, 3.63) is 95.6 Å². The molecule has 30 heavy (non-hydrogen) atoms. The third kappa shape index (κ3) is 4.92. The van der Waals surface area contributed by atoms with Gasteiger partial charge in [0.2, 0.25) is 0 Å². The maximum atomic E-state index is 13.0. The summed E-state index contributed by atoms with van der Waals surface area (Å²) in [5, 5.41) is 3.29. The van der Waals surface area contributed by atoms with E-state index in [2.05, 4.69) is 26.3 Å². The largest absolute Gasteiger partial charge is 0.343 e. The summed E-state index contributed by atoms with van der Waals surface area (Å²) in [6.45, 7) is 4.83. The summed E-state index contributed by atoms with van der Waals surface area (Å²) in [5.74, 6) is 0.326. The molecule has 0 bridgehead atoms. The minimum atomic E-state index is -0.0877. The smallest absolute Gasteiger partial charge is 0.252 e. The first-order valence-corrected chi connectivity index (χ1v) is 10.6. The molecule has 5 nitrogen and oxygen atoms in total. The second-order valence-corrected chi connectivity index (χ2v) is 7.96. The number of piperidine rings is 1. The van der Waals surface area contributed by atoms with E-state index in [1.54, 1.807) is 6.20 Å². The average Bonchev–Trinajstić information content (AvgIpc) is 2.79. The first kappa shape index (κ1) is 20.2. The SMILES string of the molecule is Cc1ccccc1C(=O)NC(c1ccccn1)C1CCN(Cc2ccccn2)CC1. The third-order valence-corrected chi connectivity index (χ3v) is 5.90. The second kappa shape index (κ2) is 9.63. The highest BCUT2D eigenvalue weighted by Gasteiger charge is 2.30. The minimum absolute atomic E-state index is 0.0281. The number of pyridine rings is 2. The Balaban J connectivity index is 1.46. The molecular formula is C25H28N4O. The van der Waals surface area contributed by atoms with E-state index in [1.165, 1.54) is 0 Å². The molecule has 3 heterocycles. The highest BCUT2D eigenvalue weighted by Crippen LogP contribution is 2.31. The molecule has 1 amide bonds. The first-order valence-electron chi connectivity index (χ1n) is 10.6. The standard InChI is InChI=1S/C25H28N4O/c1-19-8-2-3-10-22(19)25(30)28-24(23-11-5-7-15-27-23)20-12-16-29(17-13-20)18-21-9-4-6-14-26-21/h2-11,14-15,20,24H,12-13,16-18H2,1H3,(H,28,30). The van der Waals surface area contributed by atoms with Gasteiger partial charge < -0.3 is 5.32 Å². The summed E-state index contributed by atoms with van der Waals surface area (Å²) in [7, 11) is 0. The minimum Gasteiger partial charge on any atom is -0.343 e. The topological polar surface area (TPSA) is 58.1 Å². The van der Waals surface area contributed by atoms with E-state index >= 15 is 0 Å². The van der Waals surface area contributed by atoms with Crippen LogP contribution in [0.4, 0.5) is 0 Å². The number of benzene rings is 1. The van der Waals surface area contributed by atoms with E-state index in [-0.39, 0.29) is 11.9 Å². The predicted octanol–water partition coefficient (Wildman–Crippen LogP) is 4.17. The molecule has 3 aromatic rings. The van der Waals surface area contributed by atoms with Crippen LogP contribution < -0.4 is 5.32 Å². The summed E-state index contributed by atoms with van der Waals surface area (Å²) in [5.41, 5.74) is 3.75. The molecule has 1 fully saturated rings. The van der Waals surface area contributed by atoms with Gasteiger partial charge in [-0.3, -0.25) is 19.7 Å². The van der Waals surface area contributed by atoms with Crippen molar-refractivity contribution in [1.82, 2.24) is 20.2 Å². The molecule has 1 atom stereocenters. The number of nitrogens with zero attached hydrogens (tertiary/aromatic N) is 3. The molecule has 154 valence electrons. The van der Waals surface area contributed by atoms with E-state index in [4.69, 9.17) is 0 Å². The highest BCUT2D eigenvalue weighted by molar-refractivity contribution is 5.95. The number of amides is 1. The molecule has 0 spiro atoms. The summed E-state index contributed by atoms with van der Waals surface area (Å²) in [4.78, 5) is 24.5.